The monoisotopic (exact) mass is 650 g/mol. The van der Waals surface area contributed by atoms with Crippen molar-refractivity contribution in [3.8, 4) is 5.75 Å². The number of rotatable bonds is 6. The predicted molar refractivity (Wildman–Crippen MR) is 177 cm³/mol. The molecule has 0 saturated carbocycles. The molecule has 3 heterocycles. The van der Waals surface area contributed by atoms with Crippen LogP contribution < -0.4 is 21.3 Å². The number of amides is 5. The van der Waals surface area contributed by atoms with Gasteiger partial charge in [0, 0.05) is 42.9 Å². The summed E-state index contributed by atoms with van der Waals surface area (Å²) in [5.74, 6) is -2.63. The fourth-order valence-electron chi connectivity index (χ4n) is 6.44. The zero-order chi connectivity index (χ0) is 33.6. The van der Waals surface area contributed by atoms with Crippen LogP contribution in [0, 0.1) is 0 Å². The number of phenols is 1. The number of hydrogen-bond acceptors (Lipinski definition) is 6. The van der Waals surface area contributed by atoms with E-state index in [1.165, 1.54) is 17.0 Å². The maximum atomic E-state index is 14.0. The molecule has 0 radical (unpaired) electrons. The van der Waals surface area contributed by atoms with Crippen LogP contribution in [0.1, 0.15) is 29.5 Å². The van der Waals surface area contributed by atoms with Crippen LogP contribution in [0.25, 0.3) is 10.9 Å². The lowest BCUT2D eigenvalue weighted by Gasteiger charge is -2.30. The van der Waals surface area contributed by atoms with Gasteiger partial charge in [-0.3, -0.25) is 24.0 Å². The van der Waals surface area contributed by atoms with Crippen LogP contribution in [0.3, 0.4) is 0 Å². The second-order valence-corrected chi connectivity index (χ2v) is 12.3. The van der Waals surface area contributed by atoms with Gasteiger partial charge in [0.15, 0.2) is 0 Å². The number of benzene rings is 3. The van der Waals surface area contributed by atoms with Gasteiger partial charge < -0.3 is 36.3 Å². The van der Waals surface area contributed by atoms with Gasteiger partial charge in [0.25, 0.3) is 0 Å². The molecule has 1 aromatic heterocycles. The van der Waals surface area contributed by atoms with E-state index < -0.39 is 60.2 Å². The summed E-state index contributed by atoms with van der Waals surface area (Å²) in [6, 6.07) is 19.1. The highest BCUT2D eigenvalue weighted by Gasteiger charge is 2.39. The van der Waals surface area contributed by atoms with Crippen LogP contribution in [0.15, 0.2) is 85.1 Å². The van der Waals surface area contributed by atoms with Gasteiger partial charge in [0.05, 0.1) is 6.54 Å². The number of phenolic OH excluding ortho intramolecular Hbond substituents is 1. The average molecular weight is 651 g/mol. The maximum absolute atomic E-state index is 14.0. The molecule has 6 rings (SSSR count). The summed E-state index contributed by atoms with van der Waals surface area (Å²) in [6.45, 7) is -0.132. The van der Waals surface area contributed by atoms with E-state index in [2.05, 4.69) is 26.3 Å². The molecule has 6 N–H and O–H groups in total. The Balaban J connectivity index is 1.33. The molecule has 2 aliphatic heterocycles. The van der Waals surface area contributed by atoms with Gasteiger partial charge in [-0.05, 0) is 47.7 Å². The van der Waals surface area contributed by atoms with Crippen molar-refractivity contribution in [3.05, 3.63) is 102 Å². The number of carbonyl (C=O) groups is 5. The number of nitrogens with zero attached hydrogens (tertiary/aromatic N) is 1. The molecule has 4 atom stereocenters. The standard InChI is InChI=1S/C36H38N6O6/c43-25-14-12-23(13-15-25)18-30-36(48)42-16-6-11-31(42)35(47)41-29(19-24-20-37-27-10-5-4-9-26(24)27)34(46)40-28(17-22-7-2-1-3-8-22)33(45)38-21-32(44)39-30/h1-5,7-10,12-15,20,28-31,37,43H,6,11,16-19,21H2,(H,38,45)(H,39,44)(H,40,46)(H,41,47)/t28-,29+,30-,31+/m1/s1. The summed E-state index contributed by atoms with van der Waals surface area (Å²) in [5.41, 5.74) is 3.15. The van der Waals surface area contributed by atoms with Crippen LogP contribution in [-0.2, 0) is 43.2 Å². The number of aromatic hydroxyl groups is 1. The molecule has 48 heavy (non-hydrogen) atoms. The Bertz CT molecular complexity index is 1810. The smallest absolute Gasteiger partial charge is 0.246 e. The second-order valence-electron chi connectivity index (χ2n) is 12.3. The quantitative estimate of drug-likeness (QED) is 0.185. The molecule has 2 aliphatic rings. The minimum absolute atomic E-state index is 0.0607. The fraction of sp³-hybridized carbons (Fsp3) is 0.306. The Hall–Kier alpha value is -5.65. The summed E-state index contributed by atoms with van der Waals surface area (Å²) in [4.78, 5) is 73.3. The molecule has 12 nitrogen and oxygen atoms in total. The first-order chi connectivity index (χ1) is 23.2. The molecule has 0 bridgehead atoms. The van der Waals surface area contributed by atoms with Crippen molar-refractivity contribution in [1.29, 1.82) is 0 Å². The van der Waals surface area contributed by atoms with Crippen molar-refractivity contribution in [3.63, 3.8) is 0 Å². The van der Waals surface area contributed by atoms with Crippen LogP contribution in [0.2, 0.25) is 0 Å². The van der Waals surface area contributed by atoms with E-state index in [4.69, 9.17) is 0 Å². The summed E-state index contributed by atoms with van der Waals surface area (Å²) >= 11 is 0. The number of aromatic amines is 1. The first-order valence-corrected chi connectivity index (χ1v) is 16.1. The molecule has 4 aromatic rings. The van der Waals surface area contributed by atoms with E-state index in [-0.39, 0.29) is 25.0 Å². The third-order valence-corrected chi connectivity index (χ3v) is 8.92. The molecule has 3 aromatic carbocycles. The average Bonchev–Trinajstić information content (AvgIpc) is 3.75. The van der Waals surface area contributed by atoms with Crippen molar-refractivity contribution in [2.75, 3.05) is 13.1 Å². The van der Waals surface area contributed by atoms with Crippen LogP contribution in [-0.4, -0.2) is 81.8 Å². The molecule has 12 heteroatoms. The maximum Gasteiger partial charge on any atom is 0.246 e. The van der Waals surface area contributed by atoms with Crippen molar-refractivity contribution in [1.82, 2.24) is 31.2 Å². The molecule has 248 valence electrons. The van der Waals surface area contributed by atoms with Gasteiger partial charge in [-0.25, -0.2) is 0 Å². The van der Waals surface area contributed by atoms with Gasteiger partial charge in [-0.2, -0.15) is 0 Å². The third-order valence-electron chi connectivity index (χ3n) is 8.92. The molecule has 2 fully saturated rings. The summed E-state index contributed by atoms with van der Waals surface area (Å²) in [7, 11) is 0. The highest BCUT2D eigenvalue weighted by Crippen LogP contribution is 2.23. The Kier molecular flexibility index (Phi) is 9.70. The van der Waals surface area contributed by atoms with Crippen LogP contribution in [0.4, 0.5) is 0 Å². The van der Waals surface area contributed by atoms with E-state index in [1.54, 1.807) is 18.3 Å². The Morgan fingerprint density at radius 1 is 0.688 bits per heavy atom. The molecule has 5 amide bonds. The zero-order valence-electron chi connectivity index (χ0n) is 26.3. The predicted octanol–water partition coefficient (Wildman–Crippen LogP) is 1.48. The molecule has 0 unspecified atom stereocenters. The molecule has 2 saturated heterocycles. The van der Waals surface area contributed by atoms with Crippen molar-refractivity contribution in [2.45, 2.75) is 56.3 Å². The lowest BCUT2D eigenvalue weighted by atomic mass is 10.0. The summed E-state index contributed by atoms with van der Waals surface area (Å²) in [5, 5.41) is 21.7. The minimum atomic E-state index is -1.07. The van der Waals surface area contributed by atoms with E-state index in [1.807, 2.05) is 54.6 Å². The second kappa shape index (κ2) is 14.4. The Labute approximate surface area is 277 Å². The van der Waals surface area contributed by atoms with Crippen LogP contribution in [0.5, 0.6) is 5.75 Å². The molecular weight excluding hydrogens is 612 g/mol. The lowest BCUT2D eigenvalue weighted by molar-refractivity contribution is -0.142. The van der Waals surface area contributed by atoms with E-state index in [0.717, 1.165) is 22.0 Å². The normalized spacial score (nSPS) is 22.6. The molecular formula is C36H38N6O6. The first-order valence-electron chi connectivity index (χ1n) is 16.1. The Morgan fingerprint density at radius 3 is 2.15 bits per heavy atom. The number of para-hydroxylation sites is 1. The minimum Gasteiger partial charge on any atom is -0.508 e. The van der Waals surface area contributed by atoms with Gasteiger partial charge >= 0.3 is 0 Å². The number of fused-ring (bicyclic) bond motifs is 2. The van der Waals surface area contributed by atoms with Crippen molar-refractivity contribution >= 4 is 40.4 Å². The SMILES string of the molecule is O=C1CNC(=O)[C@@H](Cc2ccccc2)NC(=O)[C@H](Cc2c[nH]c3ccccc23)NC(=O)[C@@H]2CCCN2C(=O)[C@@H](Cc2ccc(O)cc2)N1. The number of H-pyrrole nitrogens is 1. The zero-order valence-corrected chi connectivity index (χ0v) is 26.3. The van der Waals surface area contributed by atoms with Crippen molar-refractivity contribution in [2.24, 2.45) is 0 Å². The van der Waals surface area contributed by atoms with Crippen LogP contribution >= 0.6 is 0 Å². The summed E-state index contributed by atoms with van der Waals surface area (Å²) in [6.07, 6.45) is 3.12. The molecule has 0 aliphatic carbocycles. The van der Waals surface area contributed by atoms with Gasteiger partial charge in [0.1, 0.15) is 29.9 Å². The number of hydrogen-bond donors (Lipinski definition) is 6. The fourth-order valence-corrected chi connectivity index (χ4v) is 6.44. The highest BCUT2D eigenvalue weighted by atomic mass is 16.3. The number of nitrogens with one attached hydrogen (secondary N) is 5. The molecule has 0 spiro atoms. The summed E-state index contributed by atoms with van der Waals surface area (Å²) < 4.78 is 0. The van der Waals surface area contributed by atoms with E-state index in [9.17, 15) is 29.1 Å². The van der Waals surface area contributed by atoms with Crippen molar-refractivity contribution < 1.29 is 29.1 Å². The number of aromatic nitrogens is 1. The van der Waals surface area contributed by atoms with Gasteiger partial charge in [-0.15, -0.1) is 0 Å². The van der Waals surface area contributed by atoms with E-state index >= 15 is 0 Å². The topological polar surface area (TPSA) is 173 Å². The van der Waals surface area contributed by atoms with E-state index in [0.29, 0.717) is 24.9 Å². The van der Waals surface area contributed by atoms with Gasteiger partial charge in [-0.1, -0.05) is 60.7 Å². The number of carbonyl (C=O) groups excluding carboxylic acids is 5. The largest absolute Gasteiger partial charge is 0.508 e. The first kappa shape index (κ1) is 32.3. The van der Waals surface area contributed by atoms with Gasteiger partial charge in [0.2, 0.25) is 29.5 Å². The third kappa shape index (κ3) is 7.49. The Morgan fingerprint density at radius 2 is 1.35 bits per heavy atom. The highest BCUT2D eigenvalue weighted by molar-refractivity contribution is 5.98. The lowest BCUT2D eigenvalue weighted by Crippen LogP contribution is -2.58.